The number of amides is 1. The number of rotatable bonds is 9. The summed E-state index contributed by atoms with van der Waals surface area (Å²) < 4.78 is 89.9. The Kier molecular flexibility index (Phi) is 7.95. The van der Waals surface area contributed by atoms with Crippen molar-refractivity contribution in [2.24, 2.45) is 0 Å². The molecule has 0 saturated carbocycles. The van der Waals surface area contributed by atoms with Crippen molar-refractivity contribution in [2.75, 3.05) is 13.3 Å². The zero-order chi connectivity index (χ0) is 26.8. The molecule has 2 aromatic rings. The van der Waals surface area contributed by atoms with Gasteiger partial charge in [-0.1, -0.05) is 30.3 Å². The molecule has 5 nitrogen and oxygen atoms in total. The zero-order valence-corrected chi connectivity index (χ0v) is 20.0. The number of hydrogen-bond acceptors (Lipinski definition) is 4. The third-order valence-corrected chi connectivity index (χ3v) is 6.47. The van der Waals surface area contributed by atoms with Gasteiger partial charge < -0.3 is 14.8 Å². The van der Waals surface area contributed by atoms with E-state index in [-0.39, 0.29) is 24.9 Å². The molecule has 1 amide bonds. The molecule has 1 fully saturated rings. The van der Waals surface area contributed by atoms with E-state index < -0.39 is 46.8 Å². The van der Waals surface area contributed by atoms with E-state index >= 15 is 0 Å². The van der Waals surface area contributed by atoms with Gasteiger partial charge in [-0.15, -0.1) is 0 Å². The molecule has 0 aromatic heterocycles. The number of benzene rings is 2. The van der Waals surface area contributed by atoms with Crippen LogP contribution in [0.15, 0.2) is 48.5 Å². The van der Waals surface area contributed by atoms with Gasteiger partial charge in [0.2, 0.25) is 0 Å². The summed E-state index contributed by atoms with van der Waals surface area (Å²) in [7, 11) is 0. The Balaban J connectivity index is 1.68. The summed E-state index contributed by atoms with van der Waals surface area (Å²) in [6.45, 7) is 4.91. The lowest BCUT2D eigenvalue weighted by atomic mass is 9.78. The van der Waals surface area contributed by atoms with E-state index in [2.05, 4.69) is 10.6 Å². The van der Waals surface area contributed by atoms with Gasteiger partial charge in [-0.25, -0.2) is 4.79 Å². The smallest absolute Gasteiger partial charge is 0.416 e. The highest BCUT2D eigenvalue weighted by atomic mass is 19.4. The molecular formula is C25H28F6N2O3. The standard InChI is InChI=1S/C25H28F6N2O3/c1-16(18-11-19(24(26,27)28)13-20(12-18)25(29,30)31)35-15-32-14-23(22(2,3)36-21(34)33-23)10-9-17-7-5-4-6-8-17/h4-8,11-13,16,32H,9-10,14-15H2,1-3H3,(H,33,34). The second-order valence-corrected chi connectivity index (χ2v) is 9.31. The predicted molar refractivity (Wildman–Crippen MR) is 120 cm³/mol. The lowest BCUT2D eigenvalue weighted by Crippen LogP contribution is -2.60. The number of nitrogens with one attached hydrogen (secondary N) is 2. The van der Waals surface area contributed by atoms with Gasteiger partial charge in [-0.2, -0.15) is 26.3 Å². The highest BCUT2D eigenvalue weighted by Gasteiger charge is 2.54. The van der Waals surface area contributed by atoms with E-state index in [9.17, 15) is 31.1 Å². The molecule has 1 heterocycles. The minimum Gasteiger partial charge on any atom is -0.441 e. The lowest BCUT2D eigenvalue weighted by molar-refractivity contribution is -0.143. The van der Waals surface area contributed by atoms with Crippen LogP contribution in [0.3, 0.4) is 0 Å². The Hall–Kier alpha value is -2.79. The van der Waals surface area contributed by atoms with Gasteiger partial charge in [-0.05, 0) is 62.9 Å². The maximum atomic E-state index is 13.2. The molecule has 0 aliphatic carbocycles. The molecule has 0 bridgehead atoms. The van der Waals surface area contributed by atoms with E-state index in [0.29, 0.717) is 25.0 Å². The molecular weight excluding hydrogens is 490 g/mol. The summed E-state index contributed by atoms with van der Waals surface area (Å²) in [5.41, 5.74) is -3.71. The van der Waals surface area contributed by atoms with E-state index in [1.54, 1.807) is 13.8 Å². The van der Waals surface area contributed by atoms with Gasteiger partial charge in [0.05, 0.1) is 29.5 Å². The molecule has 1 saturated heterocycles. The maximum Gasteiger partial charge on any atom is 0.416 e. The number of alkyl halides is 6. The highest BCUT2D eigenvalue weighted by molar-refractivity contribution is 5.72. The third kappa shape index (κ3) is 6.50. The van der Waals surface area contributed by atoms with Crippen molar-refractivity contribution in [3.63, 3.8) is 0 Å². The van der Waals surface area contributed by atoms with Crippen LogP contribution in [0, 0.1) is 0 Å². The van der Waals surface area contributed by atoms with E-state index in [0.717, 1.165) is 5.56 Å². The van der Waals surface area contributed by atoms with E-state index in [4.69, 9.17) is 9.47 Å². The number of carbonyl (C=O) groups excluding carboxylic acids is 1. The van der Waals surface area contributed by atoms with Crippen LogP contribution in [0.1, 0.15) is 55.5 Å². The van der Waals surface area contributed by atoms with Crippen molar-refractivity contribution in [1.29, 1.82) is 0 Å². The summed E-state index contributed by atoms with van der Waals surface area (Å²) in [5.74, 6) is 0. The summed E-state index contributed by atoms with van der Waals surface area (Å²) in [6.07, 6.45) is -10.4. The second-order valence-electron chi connectivity index (χ2n) is 9.31. The molecule has 2 aromatic carbocycles. The number of alkyl carbamates (subject to hydrolysis) is 1. The van der Waals surface area contributed by atoms with Crippen LogP contribution in [-0.4, -0.2) is 30.5 Å². The number of carbonyl (C=O) groups is 1. The Morgan fingerprint density at radius 2 is 1.58 bits per heavy atom. The summed E-state index contributed by atoms with van der Waals surface area (Å²) >= 11 is 0. The molecule has 11 heteroatoms. The fourth-order valence-corrected chi connectivity index (χ4v) is 4.17. The van der Waals surface area contributed by atoms with Crippen molar-refractivity contribution < 1.29 is 40.6 Å². The first-order valence-corrected chi connectivity index (χ1v) is 11.3. The van der Waals surface area contributed by atoms with Crippen molar-refractivity contribution in [2.45, 2.75) is 63.2 Å². The fourth-order valence-electron chi connectivity index (χ4n) is 4.17. The number of cyclic esters (lactones) is 1. The van der Waals surface area contributed by atoms with Crippen LogP contribution in [0.4, 0.5) is 31.1 Å². The third-order valence-electron chi connectivity index (χ3n) is 6.47. The van der Waals surface area contributed by atoms with E-state index in [1.807, 2.05) is 30.3 Å². The Bertz CT molecular complexity index is 1020. The van der Waals surface area contributed by atoms with E-state index in [1.165, 1.54) is 6.92 Å². The summed E-state index contributed by atoms with van der Waals surface area (Å²) in [6, 6.07) is 11.0. The summed E-state index contributed by atoms with van der Waals surface area (Å²) in [4.78, 5) is 12.1. The summed E-state index contributed by atoms with van der Waals surface area (Å²) in [5, 5.41) is 5.88. The minimum atomic E-state index is -4.94. The normalized spacial score (nSPS) is 20.6. The Labute approximate surface area is 205 Å². The largest absolute Gasteiger partial charge is 0.441 e. The fraction of sp³-hybridized carbons (Fsp3) is 0.480. The predicted octanol–water partition coefficient (Wildman–Crippen LogP) is 6.24. The SMILES string of the molecule is CC(OCNCC1(CCc2ccccc2)NC(=O)OC1(C)C)c1cc(C(F)(F)F)cc(C(F)(F)F)c1. The van der Waals surface area contributed by atoms with Gasteiger partial charge in [0, 0.05) is 6.54 Å². The van der Waals surface area contributed by atoms with Gasteiger partial charge in [0.25, 0.3) is 0 Å². The van der Waals surface area contributed by atoms with Crippen LogP contribution >= 0.6 is 0 Å². The van der Waals surface area contributed by atoms with Crippen LogP contribution in [0.2, 0.25) is 0 Å². The molecule has 198 valence electrons. The first kappa shape index (κ1) is 27.8. The molecule has 2 unspecified atom stereocenters. The van der Waals surface area contributed by atoms with Crippen LogP contribution in [0.5, 0.6) is 0 Å². The number of halogens is 6. The van der Waals surface area contributed by atoms with Gasteiger partial charge in [0.15, 0.2) is 0 Å². The minimum absolute atomic E-state index is 0.0792. The van der Waals surface area contributed by atoms with Gasteiger partial charge in [0.1, 0.15) is 5.60 Å². The van der Waals surface area contributed by atoms with Crippen molar-refractivity contribution in [1.82, 2.24) is 10.6 Å². The van der Waals surface area contributed by atoms with Crippen LogP contribution in [-0.2, 0) is 28.2 Å². The van der Waals surface area contributed by atoms with Crippen molar-refractivity contribution in [3.05, 3.63) is 70.8 Å². The monoisotopic (exact) mass is 518 g/mol. The number of ether oxygens (including phenoxy) is 2. The molecule has 3 rings (SSSR count). The van der Waals surface area contributed by atoms with Crippen molar-refractivity contribution in [3.8, 4) is 0 Å². The maximum absolute atomic E-state index is 13.2. The van der Waals surface area contributed by atoms with Gasteiger partial charge >= 0.3 is 18.4 Å². The van der Waals surface area contributed by atoms with Crippen LogP contribution < -0.4 is 10.6 Å². The molecule has 0 radical (unpaired) electrons. The number of hydrogen-bond donors (Lipinski definition) is 2. The quantitative estimate of drug-likeness (QED) is 0.235. The number of aryl methyl sites for hydroxylation is 1. The Morgan fingerprint density at radius 3 is 2.08 bits per heavy atom. The molecule has 2 atom stereocenters. The first-order valence-electron chi connectivity index (χ1n) is 11.3. The average molecular weight is 518 g/mol. The van der Waals surface area contributed by atoms with Crippen LogP contribution in [0.25, 0.3) is 0 Å². The molecule has 1 aliphatic rings. The first-order chi connectivity index (χ1) is 16.6. The van der Waals surface area contributed by atoms with Crippen molar-refractivity contribution >= 4 is 6.09 Å². The van der Waals surface area contributed by atoms with Gasteiger partial charge in [-0.3, -0.25) is 5.32 Å². The highest BCUT2D eigenvalue weighted by Crippen LogP contribution is 2.38. The topological polar surface area (TPSA) is 59.6 Å². The zero-order valence-electron chi connectivity index (χ0n) is 20.0. The second kappa shape index (κ2) is 10.3. The average Bonchev–Trinajstić information content (AvgIpc) is 3.01. The lowest BCUT2D eigenvalue weighted by Gasteiger charge is -2.38. The molecule has 0 spiro atoms. The Morgan fingerprint density at radius 1 is 1.00 bits per heavy atom. The molecule has 36 heavy (non-hydrogen) atoms. The molecule has 2 N–H and O–H groups in total. The molecule has 1 aliphatic heterocycles.